The first-order chi connectivity index (χ1) is 9.93. The monoisotopic (exact) mass is 272 g/mol. The summed E-state index contributed by atoms with van der Waals surface area (Å²) >= 11 is 0. The number of hydrogen-bond acceptors (Lipinski definition) is 4. The van der Waals surface area contributed by atoms with Crippen LogP contribution in [-0.4, -0.2) is 40.8 Å². The molecule has 2 aromatic heterocycles. The van der Waals surface area contributed by atoms with E-state index >= 15 is 0 Å². The molecule has 2 aliphatic rings. The van der Waals surface area contributed by atoms with Gasteiger partial charge in [-0.1, -0.05) is 0 Å². The Hall–Kier alpha value is -1.46. The Kier molecular flexibility index (Phi) is 3.16. The summed E-state index contributed by atoms with van der Waals surface area (Å²) in [6.45, 7) is 3.78. The number of nitrogens with zero attached hydrogens (tertiary/aromatic N) is 3. The maximum absolute atomic E-state index is 5.58. The van der Waals surface area contributed by atoms with Crippen LogP contribution in [0.4, 0.5) is 0 Å². The summed E-state index contributed by atoms with van der Waals surface area (Å²) in [5.74, 6) is 1.69. The molecule has 4 heterocycles. The largest absolute Gasteiger partial charge is 0.379 e. The smallest absolute Gasteiger partial charge is 0.160 e. The Morgan fingerprint density at radius 2 is 2.35 bits per heavy atom. The van der Waals surface area contributed by atoms with Gasteiger partial charge in [0.15, 0.2) is 5.65 Å². The zero-order chi connectivity index (χ0) is 13.4. The zero-order valence-electron chi connectivity index (χ0n) is 11.6. The molecule has 4 rings (SSSR count). The van der Waals surface area contributed by atoms with Gasteiger partial charge in [0.1, 0.15) is 11.3 Å². The lowest BCUT2D eigenvalue weighted by molar-refractivity contribution is 0.186. The molecule has 0 aromatic carbocycles. The van der Waals surface area contributed by atoms with E-state index < -0.39 is 0 Å². The third-order valence-corrected chi connectivity index (χ3v) is 4.41. The number of rotatable bonds is 2. The van der Waals surface area contributed by atoms with Crippen LogP contribution >= 0.6 is 0 Å². The van der Waals surface area contributed by atoms with Crippen molar-refractivity contribution in [2.24, 2.45) is 0 Å². The molecule has 0 saturated carbocycles. The van der Waals surface area contributed by atoms with Crippen LogP contribution in [0, 0.1) is 0 Å². The van der Waals surface area contributed by atoms with E-state index in [2.05, 4.69) is 20.9 Å². The van der Waals surface area contributed by atoms with Crippen molar-refractivity contribution >= 4 is 11.2 Å². The van der Waals surface area contributed by atoms with Crippen molar-refractivity contribution in [3.63, 3.8) is 0 Å². The van der Waals surface area contributed by atoms with Gasteiger partial charge in [-0.3, -0.25) is 0 Å². The van der Waals surface area contributed by atoms with E-state index in [9.17, 15) is 0 Å². The molecule has 2 unspecified atom stereocenters. The lowest BCUT2D eigenvalue weighted by atomic mass is 9.98. The summed E-state index contributed by atoms with van der Waals surface area (Å²) in [5, 5.41) is 3.49. The molecule has 2 fully saturated rings. The summed E-state index contributed by atoms with van der Waals surface area (Å²) in [5.41, 5.74) is 2.03. The first-order valence-electron chi connectivity index (χ1n) is 7.55. The van der Waals surface area contributed by atoms with Crippen LogP contribution in [-0.2, 0) is 4.74 Å². The molecular formula is C15H20N4O. The second-order valence-electron chi connectivity index (χ2n) is 5.75. The Bertz CT molecular complexity index is 597. The van der Waals surface area contributed by atoms with Gasteiger partial charge < -0.3 is 14.6 Å². The minimum Gasteiger partial charge on any atom is -0.379 e. The van der Waals surface area contributed by atoms with Crippen LogP contribution < -0.4 is 5.32 Å². The molecule has 5 nitrogen and oxygen atoms in total. The quantitative estimate of drug-likeness (QED) is 0.906. The summed E-state index contributed by atoms with van der Waals surface area (Å²) < 4.78 is 7.93. The van der Waals surface area contributed by atoms with Gasteiger partial charge in [0.05, 0.1) is 12.6 Å². The number of hydrogen-bond donors (Lipinski definition) is 1. The molecule has 2 atom stereocenters. The van der Waals surface area contributed by atoms with Crippen LogP contribution in [0.25, 0.3) is 11.2 Å². The predicted molar refractivity (Wildman–Crippen MR) is 76.8 cm³/mol. The normalized spacial score (nSPS) is 27.2. The number of nitrogens with one attached hydrogen (secondary N) is 1. The standard InChI is InChI=1S/C15H20N4O/c1-3-11(9-16-6-1)14-18-13-4-2-7-17-15(13)19(14)12-5-8-20-10-12/h2,4,7,11-12,16H,1,3,5-6,8-10H2. The van der Waals surface area contributed by atoms with Gasteiger partial charge in [-0.05, 0) is 37.9 Å². The number of imidazole rings is 1. The molecule has 0 spiro atoms. The van der Waals surface area contributed by atoms with Crippen molar-refractivity contribution in [3.05, 3.63) is 24.2 Å². The summed E-state index contributed by atoms with van der Waals surface area (Å²) in [7, 11) is 0. The summed E-state index contributed by atoms with van der Waals surface area (Å²) in [4.78, 5) is 9.45. The second kappa shape index (κ2) is 5.14. The molecular weight excluding hydrogens is 252 g/mol. The lowest BCUT2D eigenvalue weighted by Crippen LogP contribution is -2.30. The van der Waals surface area contributed by atoms with Crippen molar-refractivity contribution in [1.29, 1.82) is 0 Å². The van der Waals surface area contributed by atoms with Gasteiger partial charge >= 0.3 is 0 Å². The first kappa shape index (κ1) is 12.3. The number of fused-ring (bicyclic) bond motifs is 1. The average molecular weight is 272 g/mol. The molecule has 5 heteroatoms. The van der Waals surface area contributed by atoms with E-state index in [4.69, 9.17) is 9.72 Å². The fourth-order valence-electron chi connectivity index (χ4n) is 3.39. The molecule has 2 aromatic rings. The fraction of sp³-hybridized carbons (Fsp3) is 0.600. The number of piperidine rings is 1. The van der Waals surface area contributed by atoms with Gasteiger partial charge in [-0.15, -0.1) is 0 Å². The highest BCUT2D eigenvalue weighted by Gasteiger charge is 2.28. The minimum atomic E-state index is 0.395. The topological polar surface area (TPSA) is 52.0 Å². The number of aromatic nitrogens is 3. The van der Waals surface area contributed by atoms with Crippen molar-refractivity contribution in [2.45, 2.75) is 31.2 Å². The zero-order valence-corrected chi connectivity index (χ0v) is 11.6. The van der Waals surface area contributed by atoms with Crippen LogP contribution in [0.3, 0.4) is 0 Å². The third kappa shape index (κ3) is 2.01. The molecule has 20 heavy (non-hydrogen) atoms. The van der Waals surface area contributed by atoms with Crippen LogP contribution in [0.15, 0.2) is 18.3 Å². The lowest BCUT2D eigenvalue weighted by Gasteiger charge is -2.24. The molecule has 2 saturated heterocycles. The number of pyridine rings is 1. The minimum absolute atomic E-state index is 0.395. The van der Waals surface area contributed by atoms with E-state index in [1.165, 1.54) is 18.7 Å². The Morgan fingerprint density at radius 3 is 3.15 bits per heavy atom. The highest BCUT2D eigenvalue weighted by molar-refractivity contribution is 5.71. The Balaban J connectivity index is 1.82. The van der Waals surface area contributed by atoms with Gasteiger partial charge in [-0.2, -0.15) is 0 Å². The highest BCUT2D eigenvalue weighted by Crippen LogP contribution is 2.31. The molecule has 0 bridgehead atoms. The van der Waals surface area contributed by atoms with Crippen molar-refractivity contribution < 1.29 is 4.74 Å². The van der Waals surface area contributed by atoms with Crippen LogP contribution in [0.5, 0.6) is 0 Å². The maximum Gasteiger partial charge on any atom is 0.160 e. The SMILES string of the molecule is c1cnc2c(c1)nc(C1CCCNC1)n2C1CCOC1. The van der Waals surface area contributed by atoms with Gasteiger partial charge in [-0.25, -0.2) is 9.97 Å². The maximum atomic E-state index is 5.58. The predicted octanol–water partition coefficient (Wildman–Crippen LogP) is 1.86. The second-order valence-corrected chi connectivity index (χ2v) is 5.75. The average Bonchev–Trinajstić information content (AvgIpc) is 3.14. The van der Waals surface area contributed by atoms with Crippen molar-refractivity contribution in [1.82, 2.24) is 19.9 Å². The van der Waals surface area contributed by atoms with E-state index in [1.54, 1.807) is 0 Å². The van der Waals surface area contributed by atoms with E-state index in [0.29, 0.717) is 12.0 Å². The van der Waals surface area contributed by atoms with Crippen molar-refractivity contribution in [3.8, 4) is 0 Å². The molecule has 0 amide bonds. The fourth-order valence-corrected chi connectivity index (χ4v) is 3.39. The number of ether oxygens (including phenoxy) is 1. The molecule has 0 aliphatic carbocycles. The summed E-state index contributed by atoms with van der Waals surface area (Å²) in [6.07, 6.45) is 5.36. The van der Waals surface area contributed by atoms with Gasteiger partial charge in [0.2, 0.25) is 0 Å². The van der Waals surface area contributed by atoms with Gasteiger partial charge in [0, 0.05) is 25.3 Å². The van der Waals surface area contributed by atoms with Crippen LogP contribution in [0.1, 0.15) is 37.0 Å². The van der Waals surface area contributed by atoms with E-state index in [1.807, 2.05) is 12.3 Å². The van der Waals surface area contributed by atoms with Crippen LogP contribution in [0.2, 0.25) is 0 Å². The molecule has 0 radical (unpaired) electrons. The van der Waals surface area contributed by atoms with E-state index in [-0.39, 0.29) is 0 Å². The molecule has 1 N–H and O–H groups in total. The highest BCUT2D eigenvalue weighted by atomic mass is 16.5. The Labute approximate surface area is 118 Å². The molecule has 106 valence electrons. The first-order valence-corrected chi connectivity index (χ1v) is 7.55. The Morgan fingerprint density at radius 1 is 1.35 bits per heavy atom. The summed E-state index contributed by atoms with van der Waals surface area (Å²) in [6, 6.07) is 4.43. The molecule has 2 aliphatic heterocycles. The third-order valence-electron chi connectivity index (χ3n) is 4.41. The van der Waals surface area contributed by atoms with Crippen molar-refractivity contribution in [2.75, 3.05) is 26.3 Å². The van der Waals surface area contributed by atoms with Gasteiger partial charge in [0.25, 0.3) is 0 Å². The van der Waals surface area contributed by atoms with E-state index in [0.717, 1.165) is 43.9 Å².